The number of halogens is 5. The minimum Gasteiger partial charge on any atom is -0.471 e. The standard InChI is InChI=1S/C19H18F5N5O2S/c1-4-30-32-14(6-13(8-25)31-17(2,3)10-26)5-12-9-29-11-27-15(7-16(29)28-12)18(20,21)19(22,23)24/h5-9,11,25H,4H2,1-3H3/b13-6+,14-5-,25-8?. The van der Waals surface area contributed by atoms with E-state index in [-0.39, 0.29) is 17.1 Å². The zero-order valence-corrected chi connectivity index (χ0v) is 17.9. The summed E-state index contributed by atoms with van der Waals surface area (Å²) in [6.45, 7) is 5.07. The van der Waals surface area contributed by atoms with E-state index in [1.54, 1.807) is 6.92 Å². The Morgan fingerprint density at radius 2 is 2.00 bits per heavy atom. The lowest BCUT2D eigenvalue weighted by Crippen LogP contribution is -2.34. The van der Waals surface area contributed by atoms with E-state index >= 15 is 0 Å². The number of ether oxygens (including phenoxy) is 1. The number of rotatable bonds is 9. The van der Waals surface area contributed by atoms with E-state index in [4.69, 9.17) is 19.6 Å². The van der Waals surface area contributed by atoms with Gasteiger partial charge in [0.2, 0.25) is 0 Å². The molecule has 0 aliphatic carbocycles. The molecule has 2 aromatic rings. The van der Waals surface area contributed by atoms with Gasteiger partial charge in [-0.05, 0) is 32.9 Å². The lowest BCUT2D eigenvalue weighted by atomic mass is 10.2. The van der Waals surface area contributed by atoms with E-state index in [0.29, 0.717) is 17.6 Å². The van der Waals surface area contributed by atoms with Crippen molar-refractivity contribution >= 4 is 30.0 Å². The SMILES string of the molecule is CCOSC(=C\c1cn2cnc(C(F)(F)C(F)(F)F)cc2n1)/C=C(\C=N)OC(C)(C)C#N. The molecule has 0 spiro atoms. The number of alkyl halides is 5. The normalized spacial score (nSPS) is 13.8. The highest BCUT2D eigenvalue weighted by Crippen LogP contribution is 2.43. The Kier molecular flexibility index (Phi) is 7.63. The van der Waals surface area contributed by atoms with Gasteiger partial charge in [-0.2, -0.15) is 27.2 Å². The fourth-order valence-corrected chi connectivity index (χ4v) is 2.81. The van der Waals surface area contributed by atoms with Crippen molar-refractivity contribution in [2.24, 2.45) is 0 Å². The Morgan fingerprint density at radius 3 is 2.56 bits per heavy atom. The van der Waals surface area contributed by atoms with Crippen LogP contribution in [0.5, 0.6) is 0 Å². The summed E-state index contributed by atoms with van der Waals surface area (Å²) in [5.41, 5.74) is -2.66. The maximum absolute atomic E-state index is 13.6. The van der Waals surface area contributed by atoms with Crippen molar-refractivity contribution in [1.82, 2.24) is 14.4 Å². The summed E-state index contributed by atoms with van der Waals surface area (Å²) < 4.78 is 76.9. The molecule has 0 aliphatic rings. The second-order valence-electron chi connectivity index (χ2n) is 6.73. The maximum atomic E-state index is 13.6. The number of allylic oxidation sites excluding steroid dienone is 2. The van der Waals surface area contributed by atoms with Crippen molar-refractivity contribution in [1.29, 1.82) is 10.7 Å². The Morgan fingerprint density at radius 1 is 1.31 bits per heavy atom. The average Bonchev–Trinajstić information content (AvgIpc) is 3.11. The number of nitrogens with one attached hydrogen (secondary N) is 1. The molecule has 2 aromatic heterocycles. The predicted molar refractivity (Wildman–Crippen MR) is 108 cm³/mol. The molecule has 13 heteroatoms. The van der Waals surface area contributed by atoms with Crippen LogP contribution in [-0.2, 0) is 14.8 Å². The third-order valence-electron chi connectivity index (χ3n) is 3.68. The number of nitriles is 1. The van der Waals surface area contributed by atoms with Gasteiger partial charge in [-0.1, -0.05) is 0 Å². The minimum absolute atomic E-state index is 0.0348. The molecule has 0 atom stereocenters. The van der Waals surface area contributed by atoms with Gasteiger partial charge < -0.3 is 14.3 Å². The molecule has 0 unspecified atom stereocenters. The highest BCUT2D eigenvalue weighted by Gasteiger charge is 2.60. The fraction of sp³-hybridized carbons (Fsp3) is 0.368. The molecule has 2 rings (SSSR count). The van der Waals surface area contributed by atoms with E-state index in [9.17, 15) is 22.0 Å². The Balaban J connectivity index is 2.46. The molecule has 0 aromatic carbocycles. The van der Waals surface area contributed by atoms with Crippen molar-refractivity contribution in [3.63, 3.8) is 0 Å². The first-order chi connectivity index (χ1) is 14.8. The number of fused-ring (bicyclic) bond motifs is 1. The Labute approximate surface area is 184 Å². The van der Waals surface area contributed by atoms with Crippen LogP contribution in [0.4, 0.5) is 22.0 Å². The summed E-state index contributed by atoms with van der Waals surface area (Å²) in [6.07, 6.45) is 0.113. The third kappa shape index (κ3) is 6.04. The van der Waals surface area contributed by atoms with Crippen LogP contribution in [0.2, 0.25) is 0 Å². The number of aromatic nitrogens is 3. The van der Waals surface area contributed by atoms with Crippen LogP contribution in [-0.4, -0.2) is 39.0 Å². The molecule has 2 heterocycles. The van der Waals surface area contributed by atoms with Crippen molar-refractivity contribution in [2.75, 3.05) is 6.61 Å². The Hall–Kier alpha value is -2.98. The van der Waals surface area contributed by atoms with Gasteiger partial charge in [-0.25, -0.2) is 9.97 Å². The summed E-state index contributed by atoms with van der Waals surface area (Å²) in [4.78, 5) is 7.62. The summed E-state index contributed by atoms with van der Waals surface area (Å²) in [5.74, 6) is -5.09. The van der Waals surface area contributed by atoms with E-state index in [0.717, 1.165) is 24.6 Å². The van der Waals surface area contributed by atoms with Crippen LogP contribution in [0.25, 0.3) is 11.7 Å². The summed E-state index contributed by atoms with van der Waals surface area (Å²) in [6, 6.07) is 2.48. The van der Waals surface area contributed by atoms with Crippen molar-refractivity contribution < 1.29 is 30.9 Å². The minimum atomic E-state index is -5.79. The highest BCUT2D eigenvalue weighted by molar-refractivity contribution is 7.98. The quantitative estimate of drug-likeness (QED) is 0.175. The zero-order chi connectivity index (χ0) is 24.2. The first-order valence-corrected chi connectivity index (χ1v) is 9.70. The molecular formula is C19H18F5N5O2S. The van der Waals surface area contributed by atoms with E-state index in [1.165, 1.54) is 36.6 Å². The van der Waals surface area contributed by atoms with Gasteiger partial charge in [-0.3, -0.25) is 4.40 Å². The molecule has 0 fully saturated rings. The first kappa shape index (κ1) is 25.3. The van der Waals surface area contributed by atoms with E-state index < -0.39 is 23.4 Å². The number of hydrogen-bond donors (Lipinski definition) is 1. The monoisotopic (exact) mass is 475 g/mol. The van der Waals surface area contributed by atoms with Crippen LogP contribution in [0.15, 0.2) is 35.3 Å². The molecule has 32 heavy (non-hydrogen) atoms. The number of imidazole rings is 1. The maximum Gasteiger partial charge on any atom is 0.459 e. The molecule has 172 valence electrons. The molecule has 7 nitrogen and oxygen atoms in total. The summed E-state index contributed by atoms with van der Waals surface area (Å²) >= 11 is 0.899. The predicted octanol–water partition coefficient (Wildman–Crippen LogP) is 5.26. The lowest BCUT2D eigenvalue weighted by Gasteiger charge is -2.18. The van der Waals surface area contributed by atoms with Crippen molar-refractivity contribution in [2.45, 2.75) is 38.5 Å². The topological polar surface area (TPSA) is 96.3 Å². The third-order valence-corrected chi connectivity index (χ3v) is 4.46. The van der Waals surface area contributed by atoms with Gasteiger partial charge in [0.1, 0.15) is 29.5 Å². The van der Waals surface area contributed by atoms with Gasteiger partial charge in [0.25, 0.3) is 0 Å². The second-order valence-corrected chi connectivity index (χ2v) is 7.60. The van der Waals surface area contributed by atoms with Crippen LogP contribution in [0, 0.1) is 16.7 Å². The average molecular weight is 475 g/mol. The van der Waals surface area contributed by atoms with Crippen LogP contribution in [0.3, 0.4) is 0 Å². The molecule has 0 radical (unpaired) electrons. The zero-order valence-electron chi connectivity index (χ0n) is 17.1. The van der Waals surface area contributed by atoms with E-state index in [2.05, 4.69) is 9.97 Å². The van der Waals surface area contributed by atoms with Crippen molar-refractivity contribution in [3.8, 4) is 6.07 Å². The van der Waals surface area contributed by atoms with Crippen LogP contribution in [0.1, 0.15) is 32.2 Å². The number of hydrogen-bond acceptors (Lipinski definition) is 7. The van der Waals surface area contributed by atoms with Gasteiger partial charge in [0, 0.05) is 29.2 Å². The number of nitrogens with zero attached hydrogens (tertiary/aromatic N) is 4. The van der Waals surface area contributed by atoms with Crippen LogP contribution < -0.4 is 0 Å². The molecule has 0 aliphatic heterocycles. The van der Waals surface area contributed by atoms with E-state index in [1.807, 2.05) is 6.07 Å². The lowest BCUT2D eigenvalue weighted by molar-refractivity contribution is -0.290. The molecular weight excluding hydrogens is 457 g/mol. The fourth-order valence-electron chi connectivity index (χ4n) is 2.22. The van der Waals surface area contributed by atoms with Crippen molar-refractivity contribution in [3.05, 3.63) is 46.7 Å². The largest absolute Gasteiger partial charge is 0.471 e. The molecule has 0 saturated carbocycles. The first-order valence-electron chi connectivity index (χ1n) is 8.96. The van der Waals surface area contributed by atoms with Gasteiger partial charge >= 0.3 is 12.1 Å². The van der Waals surface area contributed by atoms with Gasteiger partial charge in [-0.15, -0.1) is 0 Å². The summed E-state index contributed by atoms with van der Waals surface area (Å²) in [7, 11) is 0. The van der Waals surface area contributed by atoms with Gasteiger partial charge in [0.05, 0.1) is 18.5 Å². The highest BCUT2D eigenvalue weighted by atomic mass is 32.2. The Bertz CT molecular complexity index is 1090. The molecule has 1 N–H and O–H groups in total. The molecule has 0 amide bonds. The van der Waals surface area contributed by atoms with Gasteiger partial charge in [0.15, 0.2) is 5.60 Å². The smallest absolute Gasteiger partial charge is 0.459 e. The van der Waals surface area contributed by atoms with Crippen LogP contribution >= 0.6 is 12.0 Å². The molecule has 0 bridgehead atoms. The molecule has 0 saturated heterocycles. The second kappa shape index (κ2) is 9.66. The summed E-state index contributed by atoms with van der Waals surface area (Å²) in [5, 5.41) is 16.6.